The zero-order chi connectivity index (χ0) is 10.1. The molecule has 0 amide bonds. The molecule has 0 aliphatic carbocycles. The average Bonchev–Trinajstić information content (AvgIpc) is 2.32. The Labute approximate surface area is 77.9 Å². The van der Waals surface area contributed by atoms with Gasteiger partial charge in [0, 0.05) is 18.6 Å². The molecule has 1 rings (SSSR count). The standard InChI is InChI=1S/C9H17F2NO/c1-9(2,3)12-5-4-7(6-12)13-8(10)11/h7-8H,4-6H2,1-3H3. The molecule has 0 spiro atoms. The molecule has 1 unspecified atom stereocenters. The highest BCUT2D eigenvalue weighted by Gasteiger charge is 2.31. The Morgan fingerprint density at radius 2 is 2.00 bits per heavy atom. The lowest BCUT2D eigenvalue weighted by Gasteiger charge is -2.31. The molecule has 78 valence electrons. The molecule has 1 saturated heterocycles. The Kier molecular flexibility index (Phi) is 3.24. The maximum Gasteiger partial charge on any atom is 0.345 e. The minimum atomic E-state index is -2.63. The summed E-state index contributed by atoms with van der Waals surface area (Å²) in [7, 11) is 0. The highest BCUT2D eigenvalue weighted by atomic mass is 19.3. The highest BCUT2D eigenvalue weighted by molar-refractivity contribution is 4.85. The van der Waals surface area contributed by atoms with Crippen LogP contribution in [0.2, 0.25) is 0 Å². The Morgan fingerprint density at radius 1 is 1.38 bits per heavy atom. The number of alkyl halides is 2. The van der Waals surface area contributed by atoms with Crippen molar-refractivity contribution in [1.82, 2.24) is 4.90 Å². The summed E-state index contributed by atoms with van der Waals surface area (Å²) in [6.45, 7) is 5.08. The highest BCUT2D eigenvalue weighted by Crippen LogP contribution is 2.23. The van der Waals surface area contributed by atoms with E-state index in [1.165, 1.54) is 0 Å². The summed E-state index contributed by atoms with van der Waals surface area (Å²) in [5, 5.41) is 0. The van der Waals surface area contributed by atoms with Crippen molar-refractivity contribution in [1.29, 1.82) is 0 Å². The molecule has 0 aromatic carbocycles. The molecule has 1 aliphatic heterocycles. The molecule has 1 heterocycles. The van der Waals surface area contributed by atoms with E-state index in [0.29, 0.717) is 13.0 Å². The fourth-order valence-corrected chi connectivity index (χ4v) is 1.59. The zero-order valence-corrected chi connectivity index (χ0v) is 8.39. The van der Waals surface area contributed by atoms with Crippen molar-refractivity contribution in [3.8, 4) is 0 Å². The molecule has 4 heteroatoms. The average molecular weight is 193 g/mol. The van der Waals surface area contributed by atoms with Gasteiger partial charge in [0.15, 0.2) is 0 Å². The smallest absolute Gasteiger partial charge is 0.318 e. The molecule has 0 aromatic heterocycles. The first-order valence-corrected chi connectivity index (χ1v) is 4.58. The fourth-order valence-electron chi connectivity index (χ4n) is 1.59. The number of rotatable bonds is 2. The molecule has 0 aromatic rings. The maximum absolute atomic E-state index is 11.9. The van der Waals surface area contributed by atoms with Crippen LogP contribution in [0.25, 0.3) is 0 Å². The second kappa shape index (κ2) is 3.88. The third-order valence-corrected chi connectivity index (χ3v) is 2.39. The van der Waals surface area contributed by atoms with Gasteiger partial charge >= 0.3 is 6.61 Å². The monoisotopic (exact) mass is 193 g/mol. The van der Waals surface area contributed by atoms with Gasteiger partial charge in [0.1, 0.15) is 0 Å². The number of hydrogen-bond acceptors (Lipinski definition) is 2. The summed E-state index contributed by atoms with van der Waals surface area (Å²) in [5.74, 6) is 0. The molecule has 13 heavy (non-hydrogen) atoms. The van der Waals surface area contributed by atoms with Crippen LogP contribution in [0, 0.1) is 0 Å². The summed E-state index contributed by atoms with van der Waals surface area (Å²) in [6, 6.07) is 0. The van der Waals surface area contributed by atoms with Gasteiger partial charge < -0.3 is 4.74 Å². The molecule has 1 aliphatic rings. The van der Waals surface area contributed by atoms with Crippen LogP contribution in [0.4, 0.5) is 8.78 Å². The molecular weight excluding hydrogens is 176 g/mol. The minimum Gasteiger partial charge on any atom is -0.318 e. The van der Waals surface area contributed by atoms with Gasteiger partial charge in [0.2, 0.25) is 0 Å². The Morgan fingerprint density at radius 3 is 2.38 bits per heavy atom. The maximum atomic E-state index is 11.9. The van der Waals surface area contributed by atoms with Crippen LogP contribution in [0.3, 0.4) is 0 Å². The lowest BCUT2D eigenvalue weighted by Crippen LogP contribution is -2.40. The molecule has 2 nitrogen and oxygen atoms in total. The summed E-state index contributed by atoms with van der Waals surface area (Å²) in [6.07, 6.45) is 0.418. The van der Waals surface area contributed by atoms with Gasteiger partial charge in [0.05, 0.1) is 6.10 Å². The van der Waals surface area contributed by atoms with Crippen LogP contribution < -0.4 is 0 Å². The first-order chi connectivity index (χ1) is 5.89. The molecule has 0 bridgehead atoms. The SMILES string of the molecule is CC(C)(C)N1CCC(OC(F)F)C1. The van der Waals surface area contributed by atoms with Gasteiger partial charge in [-0.15, -0.1) is 0 Å². The van der Waals surface area contributed by atoms with E-state index in [-0.39, 0.29) is 11.6 Å². The molecule has 0 saturated carbocycles. The van der Waals surface area contributed by atoms with E-state index >= 15 is 0 Å². The largest absolute Gasteiger partial charge is 0.345 e. The van der Waals surface area contributed by atoms with Crippen LogP contribution in [0.1, 0.15) is 27.2 Å². The minimum absolute atomic E-state index is 0.0558. The summed E-state index contributed by atoms with van der Waals surface area (Å²) in [5.41, 5.74) is 0.0558. The lowest BCUT2D eigenvalue weighted by atomic mass is 10.1. The molecule has 0 N–H and O–H groups in total. The van der Waals surface area contributed by atoms with Crippen LogP contribution in [0.15, 0.2) is 0 Å². The van der Waals surface area contributed by atoms with Crippen molar-refractivity contribution in [3.63, 3.8) is 0 Å². The number of ether oxygens (including phenoxy) is 1. The van der Waals surface area contributed by atoms with Gasteiger partial charge in [-0.05, 0) is 27.2 Å². The first-order valence-electron chi connectivity index (χ1n) is 4.58. The number of halogens is 2. The van der Waals surface area contributed by atoms with E-state index in [2.05, 4.69) is 30.4 Å². The fraction of sp³-hybridized carbons (Fsp3) is 1.00. The van der Waals surface area contributed by atoms with Crippen LogP contribution >= 0.6 is 0 Å². The van der Waals surface area contributed by atoms with Gasteiger partial charge in [-0.3, -0.25) is 4.90 Å². The van der Waals surface area contributed by atoms with E-state index in [1.54, 1.807) is 0 Å². The van der Waals surface area contributed by atoms with Gasteiger partial charge in [0.25, 0.3) is 0 Å². The van der Waals surface area contributed by atoms with E-state index < -0.39 is 6.61 Å². The van der Waals surface area contributed by atoms with Crippen molar-refractivity contribution in [2.24, 2.45) is 0 Å². The summed E-state index contributed by atoms with van der Waals surface area (Å²) >= 11 is 0. The Hall–Kier alpha value is -0.220. The van der Waals surface area contributed by atoms with Crippen LogP contribution in [-0.2, 0) is 4.74 Å². The van der Waals surface area contributed by atoms with E-state index in [9.17, 15) is 8.78 Å². The van der Waals surface area contributed by atoms with Crippen molar-refractivity contribution >= 4 is 0 Å². The third-order valence-electron chi connectivity index (χ3n) is 2.39. The topological polar surface area (TPSA) is 12.5 Å². The van der Waals surface area contributed by atoms with Crippen LogP contribution in [-0.4, -0.2) is 36.2 Å². The Balaban J connectivity index is 2.36. The van der Waals surface area contributed by atoms with Crippen molar-refractivity contribution in [2.75, 3.05) is 13.1 Å². The second-order valence-electron chi connectivity index (χ2n) is 4.42. The third kappa shape index (κ3) is 3.19. The van der Waals surface area contributed by atoms with Crippen molar-refractivity contribution < 1.29 is 13.5 Å². The van der Waals surface area contributed by atoms with E-state index in [1.807, 2.05) is 0 Å². The zero-order valence-electron chi connectivity index (χ0n) is 8.39. The van der Waals surface area contributed by atoms with Crippen LogP contribution in [0.5, 0.6) is 0 Å². The summed E-state index contributed by atoms with van der Waals surface area (Å²) in [4.78, 5) is 2.17. The predicted octanol–water partition coefficient (Wildman–Crippen LogP) is 2.10. The van der Waals surface area contributed by atoms with Gasteiger partial charge in [-0.1, -0.05) is 0 Å². The van der Waals surface area contributed by atoms with Crippen molar-refractivity contribution in [2.45, 2.75) is 45.4 Å². The molecule has 1 fully saturated rings. The second-order valence-corrected chi connectivity index (χ2v) is 4.42. The number of nitrogens with zero attached hydrogens (tertiary/aromatic N) is 1. The first kappa shape index (κ1) is 10.9. The van der Waals surface area contributed by atoms with Gasteiger partial charge in [-0.25, -0.2) is 0 Å². The predicted molar refractivity (Wildman–Crippen MR) is 46.8 cm³/mol. The van der Waals surface area contributed by atoms with Crippen molar-refractivity contribution in [3.05, 3.63) is 0 Å². The summed E-state index contributed by atoms with van der Waals surface area (Å²) < 4.78 is 28.2. The lowest BCUT2D eigenvalue weighted by molar-refractivity contribution is -0.159. The quantitative estimate of drug-likeness (QED) is 0.666. The number of hydrogen-bond donors (Lipinski definition) is 0. The molecule has 1 atom stereocenters. The normalized spacial score (nSPS) is 25.8. The molecular formula is C9H17F2NO. The molecule has 0 radical (unpaired) electrons. The van der Waals surface area contributed by atoms with Gasteiger partial charge in [-0.2, -0.15) is 8.78 Å². The van der Waals surface area contributed by atoms with E-state index in [4.69, 9.17) is 0 Å². The Bertz CT molecular complexity index is 167. The van der Waals surface area contributed by atoms with E-state index in [0.717, 1.165) is 6.54 Å². The number of likely N-dealkylation sites (tertiary alicyclic amines) is 1.